The van der Waals surface area contributed by atoms with E-state index in [4.69, 9.17) is 25.5 Å². The number of imidazole rings is 1. The predicted molar refractivity (Wildman–Crippen MR) is 155 cm³/mol. The smallest absolute Gasteiger partial charge is 0.292 e. The van der Waals surface area contributed by atoms with Crippen LogP contribution >= 0.6 is 11.6 Å². The summed E-state index contributed by atoms with van der Waals surface area (Å²) in [5.41, 5.74) is 2.59. The van der Waals surface area contributed by atoms with Crippen molar-refractivity contribution in [2.24, 2.45) is 0 Å². The molecule has 11 nitrogen and oxygen atoms in total. The zero-order valence-corrected chi connectivity index (χ0v) is 23.0. The van der Waals surface area contributed by atoms with Crippen LogP contribution in [0.3, 0.4) is 0 Å². The van der Waals surface area contributed by atoms with Gasteiger partial charge in [0, 0.05) is 41.3 Å². The third kappa shape index (κ3) is 6.47. The van der Waals surface area contributed by atoms with E-state index < -0.39 is 5.91 Å². The van der Waals surface area contributed by atoms with Crippen LogP contribution in [0.25, 0.3) is 22.4 Å². The molecule has 3 aromatic heterocycles. The molecule has 0 fully saturated rings. The molecule has 210 valence electrons. The van der Waals surface area contributed by atoms with E-state index in [-0.39, 0.29) is 36.4 Å². The van der Waals surface area contributed by atoms with E-state index in [9.17, 15) is 14.9 Å². The summed E-state index contributed by atoms with van der Waals surface area (Å²) in [7, 11) is 1.49. The first-order chi connectivity index (χ1) is 20.4. The molecule has 0 radical (unpaired) electrons. The third-order valence-electron chi connectivity index (χ3n) is 6.00. The molecule has 0 saturated carbocycles. The molecule has 2 amide bonds. The number of methoxy groups -OCH3 is 1. The normalized spacial score (nSPS) is 10.6. The van der Waals surface area contributed by atoms with Crippen molar-refractivity contribution < 1.29 is 23.5 Å². The van der Waals surface area contributed by atoms with Gasteiger partial charge >= 0.3 is 0 Å². The van der Waals surface area contributed by atoms with Gasteiger partial charge in [0.25, 0.3) is 5.91 Å². The number of carbonyl (C=O) groups is 2. The highest BCUT2D eigenvalue weighted by Crippen LogP contribution is 2.38. The van der Waals surface area contributed by atoms with Crippen LogP contribution in [0.5, 0.6) is 5.75 Å². The average molecular weight is 583 g/mol. The second-order valence-corrected chi connectivity index (χ2v) is 9.31. The first-order valence-electron chi connectivity index (χ1n) is 12.5. The number of rotatable bonds is 10. The Hall–Kier alpha value is -5.44. The zero-order chi connectivity index (χ0) is 29.5. The number of anilines is 2. The summed E-state index contributed by atoms with van der Waals surface area (Å²) in [6.07, 6.45) is 6.20. The Morgan fingerprint density at radius 3 is 2.71 bits per heavy atom. The Morgan fingerprint density at radius 1 is 1.10 bits per heavy atom. The molecule has 0 saturated heterocycles. The van der Waals surface area contributed by atoms with Crippen molar-refractivity contribution in [3.05, 3.63) is 102 Å². The van der Waals surface area contributed by atoms with Crippen LogP contribution in [0.4, 0.5) is 11.5 Å². The molecule has 0 spiro atoms. The van der Waals surface area contributed by atoms with Gasteiger partial charge in [-0.15, -0.1) is 0 Å². The second-order valence-electron chi connectivity index (χ2n) is 8.88. The number of nitriles is 1. The molecular formula is C30H23ClN6O5. The van der Waals surface area contributed by atoms with Gasteiger partial charge in [-0.05, 0) is 54.1 Å². The minimum Gasteiger partial charge on any atom is -0.467 e. The lowest BCUT2D eigenvalue weighted by molar-refractivity contribution is -0.116. The first kappa shape index (κ1) is 28.1. The van der Waals surface area contributed by atoms with Crippen molar-refractivity contribution in [1.29, 1.82) is 5.26 Å². The molecule has 0 atom stereocenters. The van der Waals surface area contributed by atoms with Crippen LogP contribution in [-0.2, 0) is 16.1 Å². The largest absolute Gasteiger partial charge is 0.467 e. The van der Waals surface area contributed by atoms with Crippen LogP contribution < -0.4 is 15.4 Å². The lowest BCUT2D eigenvalue weighted by Crippen LogP contribution is -2.17. The van der Waals surface area contributed by atoms with Crippen molar-refractivity contribution in [1.82, 2.24) is 14.5 Å². The summed E-state index contributed by atoms with van der Waals surface area (Å²) in [5, 5.41) is 16.2. The van der Waals surface area contributed by atoms with Crippen LogP contribution in [0, 0.1) is 11.3 Å². The number of benzene rings is 2. The fourth-order valence-corrected chi connectivity index (χ4v) is 4.31. The van der Waals surface area contributed by atoms with E-state index in [2.05, 4.69) is 26.7 Å². The van der Waals surface area contributed by atoms with Gasteiger partial charge in [-0.3, -0.25) is 9.59 Å². The maximum atomic E-state index is 12.9. The molecule has 42 heavy (non-hydrogen) atoms. The van der Waals surface area contributed by atoms with E-state index in [0.717, 1.165) is 0 Å². The Morgan fingerprint density at radius 2 is 1.98 bits per heavy atom. The minimum absolute atomic E-state index is 0.00795. The highest BCUT2D eigenvalue weighted by Gasteiger charge is 2.21. The summed E-state index contributed by atoms with van der Waals surface area (Å²) in [4.78, 5) is 34.1. The quantitative estimate of drug-likeness (QED) is 0.202. The van der Waals surface area contributed by atoms with Crippen molar-refractivity contribution in [2.45, 2.75) is 6.54 Å². The van der Waals surface area contributed by atoms with Crippen molar-refractivity contribution in [2.75, 3.05) is 24.5 Å². The molecule has 5 rings (SSSR count). The average Bonchev–Trinajstić information content (AvgIpc) is 3.71. The van der Waals surface area contributed by atoms with Gasteiger partial charge in [0.15, 0.2) is 18.4 Å². The monoisotopic (exact) mass is 582 g/mol. The number of hydrogen-bond acceptors (Lipinski definition) is 8. The standard InChI is InChI=1S/C30H23ClN6O5/c1-40-18-42-27-13-20(31)7-8-22(27)25-14-23(24(15-32)29(35-25)36-30(39)26-6-3-11-41-26)19-4-2-5-21(12-19)34-28(38)16-37-10-9-33-17-37/h2-14,17H,16,18H2,1H3,(H,34,38)(H,35,36,39). The third-order valence-corrected chi connectivity index (χ3v) is 6.24. The fraction of sp³-hybridized carbons (Fsp3) is 0.100. The van der Waals surface area contributed by atoms with E-state index in [1.165, 1.54) is 19.4 Å². The van der Waals surface area contributed by atoms with Crippen LogP contribution in [0.1, 0.15) is 16.1 Å². The molecule has 3 heterocycles. The molecule has 0 aliphatic carbocycles. The van der Waals surface area contributed by atoms with Gasteiger partial charge < -0.3 is 29.1 Å². The summed E-state index contributed by atoms with van der Waals surface area (Å²) < 4.78 is 17.7. The Bertz CT molecular complexity index is 1760. The summed E-state index contributed by atoms with van der Waals surface area (Å²) in [6.45, 7) is 0.0379. The number of nitrogens with zero attached hydrogens (tertiary/aromatic N) is 4. The van der Waals surface area contributed by atoms with Crippen molar-refractivity contribution >= 4 is 34.9 Å². The maximum absolute atomic E-state index is 12.9. The zero-order valence-electron chi connectivity index (χ0n) is 22.2. The molecule has 2 N–H and O–H groups in total. The lowest BCUT2D eigenvalue weighted by atomic mass is 9.97. The molecule has 0 bridgehead atoms. The summed E-state index contributed by atoms with van der Waals surface area (Å²) in [6, 6.07) is 19.0. The number of carbonyl (C=O) groups excluding carboxylic acids is 2. The number of halogens is 1. The summed E-state index contributed by atoms with van der Waals surface area (Å²) in [5.74, 6) is -0.399. The Kier molecular flexibility index (Phi) is 8.58. The van der Waals surface area contributed by atoms with Gasteiger partial charge in [0.05, 0.1) is 18.3 Å². The number of nitrogens with one attached hydrogen (secondary N) is 2. The molecule has 5 aromatic rings. The topological polar surface area (TPSA) is 144 Å². The minimum atomic E-state index is -0.584. The number of pyridine rings is 1. The van der Waals surface area contributed by atoms with Crippen LogP contribution in [-0.4, -0.2) is 40.3 Å². The molecule has 0 unspecified atom stereocenters. The number of aromatic nitrogens is 3. The van der Waals surface area contributed by atoms with Crippen LogP contribution in [0.15, 0.2) is 90.1 Å². The van der Waals surface area contributed by atoms with E-state index in [0.29, 0.717) is 38.8 Å². The van der Waals surface area contributed by atoms with Gasteiger partial charge in [0.1, 0.15) is 23.9 Å². The van der Waals surface area contributed by atoms with Gasteiger partial charge in [-0.25, -0.2) is 9.97 Å². The van der Waals surface area contributed by atoms with Crippen LogP contribution in [0.2, 0.25) is 5.02 Å². The molecular weight excluding hydrogens is 560 g/mol. The van der Waals surface area contributed by atoms with Crippen molar-refractivity contribution in [3.8, 4) is 34.2 Å². The highest BCUT2D eigenvalue weighted by atomic mass is 35.5. The number of amides is 2. The Balaban J connectivity index is 1.59. The number of hydrogen-bond donors (Lipinski definition) is 2. The molecule has 0 aliphatic rings. The van der Waals surface area contributed by atoms with Crippen molar-refractivity contribution in [3.63, 3.8) is 0 Å². The highest BCUT2D eigenvalue weighted by molar-refractivity contribution is 6.30. The predicted octanol–water partition coefficient (Wildman–Crippen LogP) is 5.60. The van der Waals surface area contributed by atoms with E-state index in [1.807, 2.05) is 0 Å². The molecule has 0 aliphatic heterocycles. The SMILES string of the molecule is COCOc1cc(Cl)ccc1-c1cc(-c2cccc(NC(=O)Cn3ccnc3)c2)c(C#N)c(NC(=O)c2ccco2)n1. The van der Waals surface area contributed by atoms with E-state index >= 15 is 0 Å². The maximum Gasteiger partial charge on any atom is 0.292 e. The molecule has 2 aromatic carbocycles. The van der Waals surface area contributed by atoms with E-state index in [1.54, 1.807) is 77.9 Å². The fourth-order valence-electron chi connectivity index (χ4n) is 4.15. The first-order valence-corrected chi connectivity index (χ1v) is 12.9. The summed E-state index contributed by atoms with van der Waals surface area (Å²) >= 11 is 6.23. The second kappa shape index (κ2) is 12.8. The molecule has 12 heteroatoms. The lowest BCUT2D eigenvalue weighted by Gasteiger charge is -2.16. The Labute approximate surface area is 245 Å². The number of ether oxygens (including phenoxy) is 2. The van der Waals surface area contributed by atoms with Gasteiger partial charge in [0.2, 0.25) is 5.91 Å². The van der Waals surface area contributed by atoms with Gasteiger partial charge in [-0.1, -0.05) is 23.7 Å². The number of furan rings is 1. The van der Waals surface area contributed by atoms with Gasteiger partial charge in [-0.2, -0.15) is 5.26 Å².